The van der Waals surface area contributed by atoms with Gasteiger partial charge in [-0.25, -0.2) is 4.98 Å². The molecule has 0 aliphatic carbocycles. The first-order valence-corrected chi connectivity index (χ1v) is 5.92. The van der Waals surface area contributed by atoms with E-state index in [-0.39, 0.29) is 11.8 Å². The summed E-state index contributed by atoms with van der Waals surface area (Å²) in [5.41, 5.74) is 1.49. The summed E-state index contributed by atoms with van der Waals surface area (Å²) < 4.78 is 5.62. The van der Waals surface area contributed by atoms with Crippen molar-refractivity contribution < 1.29 is 9.84 Å². The lowest BCUT2D eigenvalue weighted by molar-refractivity contribution is 0.427. The predicted octanol–water partition coefficient (Wildman–Crippen LogP) is 3.44. The van der Waals surface area contributed by atoms with Crippen LogP contribution in [0.3, 0.4) is 0 Å². The molecule has 19 heavy (non-hydrogen) atoms. The van der Waals surface area contributed by atoms with Gasteiger partial charge >= 0.3 is 6.01 Å². The minimum Gasteiger partial charge on any atom is -0.508 e. The van der Waals surface area contributed by atoms with Crippen LogP contribution in [-0.4, -0.2) is 15.1 Å². The fraction of sp³-hybridized carbons (Fsp3) is 0.0667. The van der Waals surface area contributed by atoms with Gasteiger partial charge in [-0.1, -0.05) is 24.3 Å². The highest BCUT2D eigenvalue weighted by atomic mass is 16.5. The highest BCUT2D eigenvalue weighted by molar-refractivity contribution is 5.77. The quantitative estimate of drug-likeness (QED) is 0.759. The van der Waals surface area contributed by atoms with Crippen molar-refractivity contribution in [2.75, 3.05) is 0 Å². The Bertz CT molecular complexity index is 741. The monoisotopic (exact) mass is 252 g/mol. The van der Waals surface area contributed by atoms with Crippen molar-refractivity contribution in [2.24, 2.45) is 0 Å². The van der Waals surface area contributed by atoms with Crippen molar-refractivity contribution >= 4 is 10.9 Å². The largest absolute Gasteiger partial charge is 0.508 e. The first-order valence-electron chi connectivity index (χ1n) is 5.92. The van der Waals surface area contributed by atoms with Crippen molar-refractivity contribution in [3.05, 3.63) is 54.2 Å². The van der Waals surface area contributed by atoms with Crippen molar-refractivity contribution in [1.29, 1.82) is 0 Å². The van der Waals surface area contributed by atoms with Crippen molar-refractivity contribution in [1.82, 2.24) is 9.97 Å². The third-order valence-electron chi connectivity index (χ3n) is 2.92. The minimum absolute atomic E-state index is 0.193. The van der Waals surface area contributed by atoms with E-state index < -0.39 is 0 Å². The van der Waals surface area contributed by atoms with E-state index in [1.54, 1.807) is 31.3 Å². The molecule has 0 saturated carbocycles. The van der Waals surface area contributed by atoms with E-state index in [0.29, 0.717) is 11.3 Å². The molecular formula is C15H12N2O2. The van der Waals surface area contributed by atoms with Crippen LogP contribution in [0.1, 0.15) is 5.56 Å². The molecule has 0 spiro atoms. The topological polar surface area (TPSA) is 55.2 Å². The minimum atomic E-state index is 0.193. The summed E-state index contributed by atoms with van der Waals surface area (Å²) in [7, 11) is 0. The Kier molecular flexibility index (Phi) is 2.76. The summed E-state index contributed by atoms with van der Waals surface area (Å²) in [4.78, 5) is 8.48. The summed E-state index contributed by atoms with van der Waals surface area (Å²) in [6.07, 6.45) is 1.72. The highest BCUT2D eigenvalue weighted by Gasteiger charge is 2.07. The van der Waals surface area contributed by atoms with E-state index in [4.69, 9.17) is 4.74 Å². The van der Waals surface area contributed by atoms with Crippen LogP contribution in [0, 0.1) is 6.92 Å². The Balaban J connectivity index is 1.99. The van der Waals surface area contributed by atoms with Crippen LogP contribution >= 0.6 is 0 Å². The molecule has 2 aromatic carbocycles. The van der Waals surface area contributed by atoms with Gasteiger partial charge in [0.1, 0.15) is 11.5 Å². The lowest BCUT2D eigenvalue weighted by atomic mass is 10.2. The molecule has 3 aromatic rings. The molecule has 0 amide bonds. The predicted molar refractivity (Wildman–Crippen MR) is 72.5 cm³/mol. The average molecular weight is 252 g/mol. The zero-order valence-electron chi connectivity index (χ0n) is 10.4. The first-order chi connectivity index (χ1) is 9.24. The van der Waals surface area contributed by atoms with Crippen molar-refractivity contribution in [2.45, 2.75) is 6.92 Å². The molecule has 0 saturated heterocycles. The molecule has 0 unspecified atom stereocenters. The van der Waals surface area contributed by atoms with Crippen LogP contribution in [0.2, 0.25) is 0 Å². The second kappa shape index (κ2) is 4.57. The van der Waals surface area contributed by atoms with Gasteiger partial charge in [-0.3, -0.25) is 0 Å². The number of hydrogen-bond acceptors (Lipinski definition) is 4. The Morgan fingerprint density at radius 1 is 1.05 bits per heavy atom. The van der Waals surface area contributed by atoms with E-state index in [9.17, 15) is 5.11 Å². The van der Waals surface area contributed by atoms with E-state index in [0.717, 1.165) is 10.9 Å². The molecule has 0 aliphatic rings. The summed E-state index contributed by atoms with van der Waals surface area (Å²) in [6.45, 7) is 1.78. The van der Waals surface area contributed by atoms with Gasteiger partial charge in [0, 0.05) is 17.1 Å². The van der Waals surface area contributed by atoms with E-state index in [1.165, 1.54) is 0 Å². The van der Waals surface area contributed by atoms with Crippen LogP contribution in [-0.2, 0) is 0 Å². The number of fused-ring (bicyclic) bond motifs is 1. The van der Waals surface area contributed by atoms with Gasteiger partial charge < -0.3 is 9.84 Å². The Morgan fingerprint density at radius 2 is 1.89 bits per heavy atom. The number of rotatable bonds is 2. The number of phenols is 1. The van der Waals surface area contributed by atoms with Gasteiger partial charge in [-0.15, -0.1) is 0 Å². The smallest absolute Gasteiger partial charge is 0.322 e. The molecule has 0 bridgehead atoms. The van der Waals surface area contributed by atoms with Gasteiger partial charge in [0.05, 0.1) is 5.52 Å². The normalized spacial score (nSPS) is 10.6. The number of benzene rings is 2. The number of para-hydroxylation sites is 1. The zero-order valence-corrected chi connectivity index (χ0v) is 10.4. The Labute approximate surface area is 110 Å². The number of ether oxygens (including phenoxy) is 1. The van der Waals surface area contributed by atoms with Crippen LogP contribution in [0.5, 0.6) is 17.5 Å². The maximum absolute atomic E-state index is 9.63. The summed E-state index contributed by atoms with van der Waals surface area (Å²) >= 11 is 0. The molecule has 0 fully saturated rings. The summed E-state index contributed by atoms with van der Waals surface area (Å²) in [5, 5.41) is 10.6. The van der Waals surface area contributed by atoms with Gasteiger partial charge in [0.15, 0.2) is 0 Å². The average Bonchev–Trinajstić information content (AvgIpc) is 2.44. The van der Waals surface area contributed by atoms with Gasteiger partial charge in [-0.2, -0.15) is 4.98 Å². The molecule has 1 aromatic heterocycles. The van der Waals surface area contributed by atoms with E-state index in [2.05, 4.69) is 9.97 Å². The maximum atomic E-state index is 9.63. The van der Waals surface area contributed by atoms with Crippen LogP contribution in [0.4, 0.5) is 0 Å². The Morgan fingerprint density at radius 3 is 2.79 bits per heavy atom. The van der Waals surface area contributed by atoms with Crippen molar-refractivity contribution in [3.8, 4) is 17.5 Å². The summed E-state index contributed by atoms with van der Waals surface area (Å²) in [5.74, 6) is 0.744. The second-order valence-corrected chi connectivity index (χ2v) is 4.21. The van der Waals surface area contributed by atoms with Gasteiger partial charge in [-0.05, 0) is 25.1 Å². The van der Waals surface area contributed by atoms with Crippen molar-refractivity contribution in [3.63, 3.8) is 0 Å². The molecule has 0 aliphatic heterocycles. The van der Waals surface area contributed by atoms with Crippen LogP contribution in [0.25, 0.3) is 10.9 Å². The Hall–Kier alpha value is -2.62. The lowest BCUT2D eigenvalue weighted by Crippen LogP contribution is -1.93. The van der Waals surface area contributed by atoms with E-state index >= 15 is 0 Å². The number of nitrogens with zero attached hydrogens (tertiary/aromatic N) is 2. The molecule has 94 valence electrons. The molecule has 3 rings (SSSR count). The fourth-order valence-corrected chi connectivity index (χ4v) is 1.82. The SMILES string of the molecule is Cc1c(O)cccc1Oc1ncc2ccccc2n1. The standard InChI is InChI=1S/C15H12N2O2/c1-10-13(18)7-4-8-14(10)19-15-16-9-11-5-2-3-6-12(11)17-15/h2-9,18H,1H3. The lowest BCUT2D eigenvalue weighted by Gasteiger charge is -2.08. The third kappa shape index (κ3) is 2.20. The maximum Gasteiger partial charge on any atom is 0.322 e. The number of aromatic hydroxyl groups is 1. The molecule has 1 N–H and O–H groups in total. The second-order valence-electron chi connectivity index (χ2n) is 4.21. The fourth-order valence-electron chi connectivity index (χ4n) is 1.82. The molecule has 0 radical (unpaired) electrons. The number of aromatic nitrogens is 2. The third-order valence-corrected chi connectivity index (χ3v) is 2.92. The molecule has 4 nitrogen and oxygen atoms in total. The first kappa shape index (κ1) is 11.5. The molecule has 1 heterocycles. The molecule has 0 atom stereocenters. The number of phenolic OH excluding ortho intramolecular Hbond substituents is 1. The van der Waals surface area contributed by atoms with Crippen LogP contribution < -0.4 is 4.74 Å². The van der Waals surface area contributed by atoms with Crippen LogP contribution in [0.15, 0.2) is 48.7 Å². The number of hydrogen-bond donors (Lipinski definition) is 1. The van der Waals surface area contributed by atoms with Gasteiger partial charge in [0.25, 0.3) is 0 Å². The zero-order chi connectivity index (χ0) is 13.2. The highest BCUT2D eigenvalue weighted by Crippen LogP contribution is 2.29. The van der Waals surface area contributed by atoms with E-state index in [1.807, 2.05) is 24.3 Å². The molecular weight excluding hydrogens is 240 g/mol. The van der Waals surface area contributed by atoms with Gasteiger partial charge in [0.2, 0.25) is 0 Å². The summed E-state index contributed by atoms with van der Waals surface area (Å²) in [6, 6.07) is 13.1. The molecule has 4 heteroatoms.